The smallest absolute Gasteiger partial charge is 0.405 e. The van der Waals surface area contributed by atoms with Crippen LogP contribution in [0.4, 0.5) is 9.18 Å². The van der Waals surface area contributed by atoms with Gasteiger partial charge < -0.3 is 15.2 Å². The Balaban J connectivity index is 1.90. The van der Waals surface area contributed by atoms with E-state index in [2.05, 4.69) is 4.98 Å². The molecular formula is C23H24ClFN2O3. The number of ether oxygens (including phenoxy) is 2. The van der Waals surface area contributed by atoms with Crippen molar-refractivity contribution in [3.63, 3.8) is 0 Å². The molecule has 158 valence electrons. The van der Waals surface area contributed by atoms with Crippen molar-refractivity contribution in [1.29, 1.82) is 0 Å². The summed E-state index contributed by atoms with van der Waals surface area (Å²) >= 11 is 6.36. The zero-order valence-electron chi connectivity index (χ0n) is 17.1. The van der Waals surface area contributed by atoms with Crippen LogP contribution in [0.25, 0.3) is 22.0 Å². The molecule has 7 heteroatoms. The predicted octanol–water partition coefficient (Wildman–Crippen LogP) is 5.97. The molecule has 0 fully saturated rings. The maximum absolute atomic E-state index is 14.9. The number of aromatic nitrogens is 1. The van der Waals surface area contributed by atoms with Gasteiger partial charge in [0.2, 0.25) is 0 Å². The molecule has 1 aromatic heterocycles. The molecule has 0 radical (unpaired) electrons. The van der Waals surface area contributed by atoms with Crippen LogP contribution in [0.1, 0.15) is 27.2 Å². The Hall–Kier alpha value is -2.86. The lowest BCUT2D eigenvalue weighted by Crippen LogP contribution is -2.41. The maximum atomic E-state index is 14.9. The third kappa shape index (κ3) is 5.00. The highest BCUT2D eigenvalue weighted by Crippen LogP contribution is 2.36. The first-order valence-electron chi connectivity index (χ1n) is 9.63. The highest BCUT2D eigenvalue weighted by atomic mass is 35.5. The largest absolute Gasteiger partial charge is 0.485 e. The molecule has 0 aliphatic rings. The first-order chi connectivity index (χ1) is 14.2. The van der Waals surface area contributed by atoms with E-state index in [9.17, 15) is 9.18 Å². The number of halogens is 2. The van der Waals surface area contributed by atoms with Gasteiger partial charge >= 0.3 is 6.09 Å². The molecule has 1 amide bonds. The van der Waals surface area contributed by atoms with E-state index in [0.717, 1.165) is 16.5 Å². The van der Waals surface area contributed by atoms with Crippen LogP contribution in [0.15, 0.2) is 48.7 Å². The minimum Gasteiger partial charge on any atom is -0.485 e. The Morgan fingerprint density at radius 3 is 2.67 bits per heavy atom. The summed E-state index contributed by atoms with van der Waals surface area (Å²) < 4.78 is 25.8. The molecule has 0 saturated heterocycles. The first-order valence-corrected chi connectivity index (χ1v) is 10.0. The fraction of sp³-hybridized carbons (Fsp3) is 0.304. The highest BCUT2D eigenvalue weighted by molar-refractivity contribution is 6.32. The standard InChI is InChI=1S/C23H24ClFN2O3/c1-14(2)12-23(3,30-22(26)28)13-29-21-18(24)10-15(11-19(21)25)16-8-9-27-20-7-5-4-6-17(16)20/h4-11,14H,12-13H2,1-3H3,(H2,26,28). The van der Waals surface area contributed by atoms with Crippen LogP contribution in [-0.4, -0.2) is 23.3 Å². The summed E-state index contributed by atoms with van der Waals surface area (Å²) in [5.41, 5.74) is 6.42. The molecule has 1 unspecified atom stereocenters. The third-order valence-corrected chi connectivity index (χ3v) is 4.95. The number of para-hydroxylation sites is 1. The number of nitrogens with zero attached hydrogens (tertiary/aromatic N) is 1. The van der Waals surface area contributed by atoms with Crippen LogP contribution in [-0.2, 0) is 4.74 Å². The summed E-state index contributed by atoms with van der Waals surface area (Å²) in [6.45, 7) is 5.57. The van der Waals surface area contributed by atoms with Crippen molar-refractivity contribution in [3.05, 3.63) is 59.5 Å². The Morgan fingerprint density at radius 2 is 2.00 bits per heavy atom. The van der Waals surface area contributed by atoms with Gasteiger partial charge in [0.15, 0.2) is 11.6 Å². The quantitative estimate of drug-likeness (QED) is 0.500. The molecule has 2 N–H and O–H groups in total. The van der Waals surface area contributed by atoms with Crippen LogP contribution >= 0.6 is 11.6 Å². The number of carbonyl (C=O) groups is 1. The van der Waals surface area contributed by atoms with E-state index in [0.29, 0.717) is 12.0 Å². The van der Waals surface area contributed by atoms with Gasteiger partial charge in [0.25, 0.3) is 0 Å². The third-order valence-electron chi connectivity index (χ3n) is 4.67. The van der Waals surface area contributed by atoms with Crippen molar-refractivity contribution in [3.8, 4) is 16.9 Å². The van der Waals surface area contributed by atoms with Gasteiger partial charge in [-0.2, -0.15) is 0 Å². The molecule has 0 saturated carbocycles. The summed E-state index contributed by atoms with van der Waals surface area (Å²) in [6.07, 6.45) is 1.26. The summed E-state index contributed by atoms with van der Waals surface area (Å²) in [5, 5.41) is 1.01. The molecule has 0 aliphatic carbocycles. The fourth-order valence-corrected chi connectivity index (χ4v) is 3.92. The Labute approximate surface area is 180 Å². The summed E-state index contributed by atoms with van der Waals surface area (Å²) in [6, 6.07) is 12.4. The van der Waals surface area contributed by atoms with E-state index < -0.39 is 17.5 Å². The molecule has 5 nitrogen and oxygen atoms in total. The molecule has 0 aliphatic heterocycles. The maximum Gasteiger partial charge on any atom is 0.405 e. The molecule has 3 rings (SSSR count). The molecule has 2 aromatic carbocycles. The number of hydrogen-bond acceptors (Lipinski definition) is 4. The Morgan fingerprint density at radius 1 is 1.27 bits per heavy atom. The molecule has 0 bridgehead atoms. The van der Waals surface area contributed by atoms with Crippen LogP contribution < -0.4 is 10.5 Å². The number of fused-ring (bicyclic) bond motifs is 1. The minimum absolute atomic E-state index is 0.0811. The number of amides is 1. The average Bonchev–Trinajstić information content (AvgIpc) is 2.65. The monoisotopic (exact) mass is 430 g/mol. The number of pyridine rings is 1. The van der Waals surface area contributed by atoms with Gasteiger partial charge in [-0.25, -0.2) is 9.18 Å². The molecule has 1 heterocycles. The normalized spacial score (nSPS) is 13.3. The van der Waals surface area contributed by atoms with Crippen LogP contribution in [0.3, 0.4) is 0 Å². The molecular weight excluding hydrogens is 407 g/mol. The molecule has 1 atom stereocenters. The van der Waals surface area contributed by atoms with Gasteiger partial charge in [-0.1, -0.05) is 43.6 Å². The first kappa shape index (κ1) is 21.8. The van der Waals surface area contributed by atoms with Gasteiger partial charge in [0.1, 0.15) is 12.2 Å². The van der Waals surface area contributed by atoms with Crippen LogP contribution in [0.5, 0.6) is 5.75 Å². The van der Waals surface area contributed by atoms with E-state index in [4.69, 9.17) is 26.8 Å². The lowest BCUT2D eigenvalue weighted by molar-refractivity contribution is -0.0193. The molecule has 3 aromatic rings. The summed E-state index contributed by atoms with van der Waals surface area (Å²) in [4.78, 5) is 15.6. The second-order valence-corrected chi connectivity index (χ2v) is 8.31. The number of nitrogens with two attached hydrogens (primary N) is 1. The second kappa shape index (κ2) is 8.88. The van der Waals surface area contributed by atoms with Gasteiger partial charge in [-0.15, -0.1) is 0 Å². The summed E-state index contributed by atoms with van der Waals surface area (Å²) in [5.74, 6) is -0.494. The molecule has 30 heavy (non-hydrogen) atoms. The van der Waals surface area contributed by atoms with E-state index in [1.807, 2.05) is 44.2 Å². The zero-order valence-corrected chi connectivity index (χ0v) is 17.9. The summed E-state index contributed by atoms with van der Waals surface area (Å²) in [7, 11) is 0. The minimum atomic E-state index is -1.00. The Kier molecular flexibility index (Phi) is 6.46. The van der Waals surface area contributed by atoms with E-state index in [1.54, 1.807) is 19.2 Å². The van der Waals surface area contributed by atoms with Crippen molar-refractivity contribution in [2.45, 2.75) is 32.8 Å². The van der Waals surface area contributed by atoms with Crippen LogP contribution in [0, 0.1) is 11.7 Å². The van der Waals surface area contributed by atoms with Gasteiger partial charge in [-0.3, -0.25) is 4.98 Å². The zero-order chi connectivity index (χ0) is 21.9. The number of benzene rings is 2. The fourth-order valence-electron chi connectivity index (χ4n) is 3.66. The SMILES string of the molecule is CC(C)CC(C)(COc1c(F)cc(-c2ccnc3ccccc23)cc1Cl)OC(N)=O. The van der Waals surface area contributed by atoms with Gasteiger partial charge in [0.05, 0.1) is 10.5 Å². The lowest BCUT2D eigenvalue weighted by atomic mass is 9.95. The number of primary amides is 1. The highest BCUT2D eigenvalue weighted by Gasteiger charge is 2.31. The van der Waals surface area contributed by atoms with Gasteiger partial charge in [-0.05, 0) is 54.7 Å². The molecule has 0 spiro atoms. The topological polar surface area (TPSA) is 74.4 Å². The predicted molar refractivity (Wildman–Crippen MR) is 116 cm³/mol. The average molecular weight is 431 g/mol. The lowest BCUT2D eigenvalue weighted by Gasteiger charge is -2.30. The van der Waals surface area contributed by atoms with E-state index >= 15 is 0 Å². The van der Waals surface area contributed by atoms with Crippen molar-refractivity contribution in [2.75, 3.05) is 6.61 Å². The van der Waals surface area contributed by atoms with Crippen molar-refractivity contribution in [2.24, 2.45) is 11.7 Å². The van der Waals surface area contributed by atoms with E-state index in [-0.39, 0.29) is 23.3 Å². The number of rotatable bonds is 7. The number of carbonyl (C=O) groups excluding carboxylic acids is 1. The van der Waals surface area contributed by atoms with Crippen molar-refractivity contribution < 1.29 is 18.7 Å². The van der Waals surface area contributed by atoms with Gasteiger partial charge in [0, 0.05) is 11.6 Å². The van der Waals surface area contributed by atoms with Crippen molar-refractivity contribution >= 4 is 28.6 Å². The number of hydrogen-bond donors (Lipinski definition) is 1. The second-order valence-electron chi connectivity index (χ2n) is 7.90. The van der Waals surface area contributed by atoms with Crippen LogP contribution in [0.2, 0.25) is 5.02 Å². The Bertz CT molecular complexity index is 1040. The van der Waals surface area contributed by atoms with Crippen molar-refractivity contribution in [1.82, 2.24) is 4.98 Å². The van der Waals surface area contributed by atoms with E-state index in [1.165, 1.54) is 6.07 Å².